The van der Waals surface area contributed by atoms with Crippen molar-refractivity contribution in [2.75, 3.05) is 98.7 Å². The Bertz CT molecular complexity index is 292. The molecule has 28 heavy (non-hydrogen) atoms. The van der Waals surface area contributed by atoms with Crippen LogP contribution in [0.3, 0.4) is 0 Å². The highest BCUT2D eigenvalue weighted by atomic mass is 15.2. The third-order valence-electron chi connectivity index (χ3n) is 4.88. The first-order valence-electron chi connectivity index (χ1n) is 11.7. The molecular weight excluding hydrogens is 350 g/mol. The van der Waals surface area contributed by atoms with Crippen LogP contribution in [0, 0.1) is 0 Å². The summed E-state index contributed by atoms with van der Waals surface area (Å²) in [7, 11) is 2.21. The van der Waals surface area contributed by atoms with Gasteiger partial charge in [-0.2, -0.15) is 0 Å². The summed E-state index contributed by atoms with van der Waals surface area (Å²) >= 11 is 0. The van der Waals surface area contributed by atoms with E-state index >= 15 is 0 Å². The second-order valence-electron chi connectivity index (χ2n) is 7.60. The molecule has 7 heteroatoms. The first-order chi connectivity index (χ1) is 13.7. The highest BCUT2D eigenvalue weighted by Gasteiger charge is 2.04. The molecule has 6 N–H and O–H groups in total. The minimum absolute atomic E-state index is 0.722. The Morgan fingerprint density at radius 3 is 1.86 bits per heavy atom. The van der Waals surface area contributed by atoms with Crippen molar-refractivity contribution in [3.63, 3.8) is 0 Å². The van der Waals surface area contributed by atoms with Crippen LogP contribution in [0.4, 0.5) is 0 Å². The van der Waals surface area contributed by atoms with E-state index in [9.17, 15) is 0 Å². The number of nitrogens with one attached hydrogen (secondary N) is 4. The molecule has 0 aromatic rings. The van der Waals surface area contributed by atoms with E-state index in [0.717, 1.165) is 85.1 Å². The van der Waals surface area contributed by atoms with Gasteiger partial charge in [0.25, 0.3) is 0 Å². The number of likely N-dealkylation sites (N-methyl/N-ethyl adjacent to an activating group) is 2. The van der Waals surface area contributed by atoms with Crippen LogP contribution in [-0.2, 0) is 0 Å². The first kappa shape index (κ1) is 27.7. The Balaban J connectivity index is 3.58. The van der Waals surface area contributed by atoms with Gasteiger partial charge >= 0.3 is 0 Å². The standard InChI is InChI=1S/C21H51N7/c1-4-10-24-15-20-28(19-14-23-5-2)21-16-25-11-7-6-8-17-27(3)18-13-26-12-9-22/h23-26H,4-22H2,1-3H3. The topological polar surface area (TPSA) is 80.6 Å². The molecule has 0 bridgehead atoms. The van der Waals surface area contributed by atoms with Gasteiger partial charge in [0.2, 0.25) is 0 Å². The van der Waals surface area contributed by atoms with E-state index in [1.165, 1.54) is 32.2 Å². The van der Waals surface area contributed by atoms with Crippen molar-refractivity contribution < 1.29 is 0 Å². The summed E-state index contributed by atoms with van der Waals surface area (Å²) in [5.74, 6) is 0. The predicted octanol–water partition coefficient (Wildman–Crippen LogP) is 0.138. The molecule has 0 saturated heterocycles. The molecule has 0 radical (unpaired) electrons. The Morgan fingerprint density at radius 2 is 1.21 bits per heavy atom. The Morgan fingerprint density at radius 1 is 0.607 bits per heavy atom. The molecule has 0 heterocycles. The molecular formula is C21H51N7. The van der Waals surface area contributed by atoms with Crippen LogP contribution in [0.2, 0.25) is 0 Å². The molecule has 0 unspecified atom stereocenters. The fourth-order valence-corrected chi connectivity index (χ4v) is 3.07. The molecule has 7 nitrogen and oxygen atoms in total. The van der Waals surface area contributed by atoms with Crippen molar-refractivity contribution in [1.29, 1.82) is 0 Å². The summed E-state index contributed by atoms with van der Waals surface area (Å²) in [4.78, 5) is 4.97. The van der Waals surface area contributed by atoms with E-state index in [2.05, 4.69) is 52.0 Å². The maximum absolute atomic E-state index is 5.48. The fourth-order valence-electron chi connectivity index (χ4n) is 3.07. The van der Waals surface area contributed by atoms with Gasteiger partial charge in [0.05, 0.1) is 0 Å². The van der Waals surface area contributed by atoms with Crippen LogP contribution in [-0.4, -0.2) is 108 Å². The van der Waals surface area contributed by atoms with Crippen molar-refractivity contribution in [2.45, 2.75) is 39.5 Å². The molecule has 0 aliphatic rings. The van der Waals surface area contributed by atoms with Gasteiger partial charge in [-0.15, -0.1) is 0 Å². The second-order valence-corrected chi connectivity index (χ2v) is 7.60. The van der Waals surface area contributed by atoms with Gasteiger partial charge < -0.3 is 31.9 Å². The zero-order valence-corrected chi connectivity index (χ0v) is 19.2. The highest BCUT2D eigenvalue weighted by molar-refractivity contribution is 4.64. The summed E-state index contributed by atoms with van der Waals surface area (Å²) in [5, 5.41) is 13.9. The van der Waals surface area contributed by atoms with E-state index in [0.29, 0.717) is 0 Å². The monoisotopic (exact) mass is 401 g/mol. The van der Waals surface area contributed by atoms with E-state index < -0.39 is 0 Å². The predicted molar refractivity (Wildman–Crippen MR) is 124 cm³/mol. The van der Waals surface area contributed by atoms with Crippen molar-refractivity contribution in [3.05, 3.63) is 0 Å². The molecule has 0 aliphatic carbocycles. The third-order valence-corrected chi connectivity index (χ3v) is 4.88. The Labute approximate surface area is 175 Å². The van der Waals surface area contributed by atoms with Gasteiger partial charge in [-0.25, -0.2) is 0 Å². The van der Waals surface area contributed by atoms with Gasteiger partial charge in [0.15, 0.2) is 0 Å². The molecule has 0 aliphatic heterocycles. The third kappa shape index (κ3) is 20.5. The lowest BCUT2D eigenvalue weighted by Crippen LogP contribution is -2.40. The van der Waals surface area contributed by atoms with Crippen molar-refractivity contribution in [2.24, 2.45) is 5.73 Å². The van der Waals surface area contributed by atoms with Crippen LogP contribution in [0.1, 0.15) is 39.5 Å². The zero-order chi connectivity index (χ0) is 20.7. The van der Waals surface area contributed by atoms with Gasteiger partial charge in [0, 0.05) is 65.4 Å². The lowest BCUT2D eigenvalue weighted by molar-refractivity contribution is 0.272. The normalized spacial score (nSPS) is 11.8. The number of hydrogen-bond donors (Lipinski definition) is 5. The quantitative estimate of drug-likeness (QED) is 0.156. The molecule has 0 rings (SSSR count). The van der Waals surface area contributed by atoms with Crippen LogP contribution in [0.15, 0.2) is 0 Å². The maximum atomic E-state index is 5.48. The highest BCUT2D eigenvalue weighted by Crippen LogP contribution is 1.96. The maximum Gasteiger partial charge on any atom is 0.0108 e. The SMILES string of the molecule is CCCNCCN(CCNCC)CCNCCCCCN(C)CCNCCN. The smallest absolute Gasteiger partial charge is 0.0108 e. The molecule has 0 spiro atoms. The first-order valence-corrected chi connectivity index (χ1v) is 11.7. The molecule has 0 saturated carbocycles. The number of rotatable bonds is 23. The second kappa shape index (κ2) is 23.0. The summed E-state index contributed by atoms with van der Waals surface area (Å²) in [6, 6.07) is 0. The van der Waals surface area contributed by atoms with Crippen molar-refractivity contribution >= 4 is 0 Å². The van der Waals surface area contributed by atoms with Gasteiger partial charge in [-0.1, -0.05) is 20.3 Å². The average Bonchev–Trinajstić information content (AvgIpc) is 2.70. The lowest BCUT2D eigenvalue weighted by atomic mass is 10.2. The average molecular weight is 402 g/mol. The van der Waals surface area contributed by atoms with Crippen LogP contribution < -0.4 is 27.0 Å². The largest absolute Gasteiger partial charge is 0.329 e. The van der Waals surface area contributed by atoms with Crippen molar-refractivity contribution in [1.82, 2.24) is 31.1 Å². The van der Waals surface area contributed by atoms with Gasteiger partial charge in [-0.05, 0) is 52.5 Å². The van der Waals surface area contributed by atoms with E-state index in [4.69, 9.17) is 5.73 Å². The van der Waals surface area contributed by atoms with Gasteiger partial charge in [-0.3, -0.25) is 4.90 Å². The van der Waals surface area contributed by atoms with E-state index in [1.807, 2.05) is 0 Å². The molecule has 170 valence electrons. The fraction of sp³-hybridized carbons (Fsp3) is 1.00. The van der Waals surface area contributed by atoms with E-state index in [-0.39, 0.29) is 0 Å². The van der Waals surface area contributed by atoms with Gasteiger partial charge in [0.1, 0.15) is 0 Å². The van der Waals surface area contributed by atoms with Crippen LogP contribution in [0.5, 0.6) is 0 Å². The molecule has 0 atom stereocenters. The molecule has 0 aromatic heterocycles. The summed E-state index contributed by atoms with van der Waals surface area (Å²) in [6.45, 7) is 19.4. The summed E-state index contributed by atoms with van der Waals surface area (Å²) in [5.41, 5.74) is 5.48. The minimum atomic E-state index is 0.722. The minimum Gasteiger partial charge on any atom is -0.329 e. The number of unbranched alkanes of at least 4 members (excludes halogenated alkanes) is 2. The lowest BCUT2D eigenvalue weighted by Gasteiger charge is -2.23. The van der Waals surface area contributed by atoms with Crippen LogP contribution >= 0.6 is 0 Å². The Hall–Kier alpha value is -0.280. The number of nitrogens with zero attached hydrogens (tertiary/aromatic N) is 2. The molecule has 0 amide bonds. The van der Waals surface area contributed by atoms with E-state index in [1.54, 1.807) is 0 Å². The summed E-state index contributed by atoms with van der Waals surface area (Å²) in [6.07, 6.45) is 5.07. The number of nitrogens with two attached hydrogens (primary N) is 1. The molecule has 0 fully saturated rings. The van der Waals surface area contributed by atoms with Crippen LogP contribution in [0.25, 0.3) is 0 Å². The number of hydrogen-bond acceptors (Lipinski definition) is 7. The van der Waals surface area contributed by atoms with Crippen molar-refractivity contribution in [3.8, 4) is 0 Å². The molecule has 0 aromatic carbocycles. The zero-order valence-electron chi connectivity index (χ0n) is 19.2. The Kier molecular flexibility index (Phi) is 22.8. The summed E-state index contributed by atoms with van der Waals surface area (Å²) < 4.78 is 0.